The normalized spacial score (nSPS) is 37.6. The molecule has 4 heterocycles. The van der Waals surface area contributed by atoms with Gasteiger partial charge in [-0.25, -0.2) is 4.79 Å². The molecule has 11 N–H and O–H groups in total. The molecule has 0 spiro atoms. The molecule has 20 nitrogen and oxygen atoms in total. The number of rotatable bonds is 8. The molecule has 3 saturated heterocycles. The highest BCUT2D eigenvalue weighted by molar-refractivity contribution is 5.86. The van der Waals surface area contributed by atoms with Gasteiger partial charge in [0.05, 0.1) is 12.2 Å². The van der Waals surface area contributed by atoms with E-state index in [9.17, 15) is 65.8 Å². The van der Waals surface area contributed by atoms with Gasteiger partial charge in [-0.1, -0.05) is 0 Å². The molecule has 15 unspecified atom stereocenters. The topological polar surface area (TPSA) is 325 Å². The predicted molar refractivity (Wildman–Crippen MR) is 170 cm³/mol. The van der Waals surface area contributed by atoms with E-state index < -0.39 is 109 Å². The van der Waals surface area contributed by atoms with E-state index >= 15 is 0 Å². The van der Waals surface area contributed by atoms with E-state index in [1.807, 2.05) is 0 Å². The number of carbonyl (C=O) groups is 1. The van der Waals surface area contributed by atoms with Gasteiger partial charge in [0.1, 0.15) is 83.2 Å². The van der Waals surface area contributed by atoms with Crippen molar-refractivity contribution in [3.63, 3.8) is 0 Å². The van der Waals surface area contributed by atoms with Gasteiger partial charge in [-0.3, -0.25) is 4.79 Å². The quantitative estimate of drug-likeness (QED) is 0.108. The maximum absolute atomic E-state index is 13.2. The van der Waals surface area contributed by atoms with Crippen molar-refractivity contribution in [3.8, 4) is 34.3 Å². The van der Waals surface area contributed by atoms with Crippen molar-refractivity contribution in [3.05, 3.63) is 46.6 Å². The molecule has 290 valence electrons. The number of aliphatic hydroxyl groups is 9. The molecule has 3 fully saturated rings. The molecule has 0 radical (unpaired) electrons. The van der Waals surface area contributed by atoms with Crippen LogP contribution in [0.4, 0.5) is 0 Å². The molecule has 6 rings (SSSR count). The van der Waals surface area contributed by atoms with Crippen LogP contribution in [0.15, 0.2) is 45.6 Å². The number of fused-ring (bicyclic) bond motifs is 1. The predicted octanol–water partition coefficient (Wildman–Crippen LogP) is -3.15. The van der Waals surface area contributed by atoms with E-state index in [-0.39, 0.29) is 39.5 Å². The monoisotopic (exact) mass is 754 g/mol. The second-order valence-electron chi connectivity index (χ2n) is 12.9. The summed E-state index contributed by atoms with van der Waals surface area (Å²) in [6.45, 7) is 2.84. The second-order valence-corrected chi connectivity index (χ2v) is 12.9. The van der Waals surface area contributed by atoms with Crippen molar-refractivity contribution < 1.29 is 93.8 Å². The Morgan fingerprint density at radius 3 is 1.72 bits per heavy atom. The minimum atomic E-state index is -1.99. The van der Waals surface area contributed by atoms with E-state index in [1.165, 1.54) is 32.0 Å². The number of benzene rings is 2. The molecule has 2 aromatic carbocycles. The number of aliphatic carboxylic acids is 1. The molecule has 53 heavy (non-hydrogen) atoms. The molecule has 0 saturated carbocycles. The van der Waals surface area contributed by atoms with Gasteiger partial charge in [0, 0.05) is 23.8 Å². The average molecular weight is 755 g/mol. The highest BCUT2D eigenvalue weighted by Gasteiger charge is 2.49. The van der Waals surface area contributed by atoms with Crippen LogP contribution in [0.1, 0.15) is 13.8 Å². The lowest BCUT2D eigenvalue weighted by Gasteiger charge is -2.40. The summed E-state index contributed by atoms with van der Waals surface area (Å²) in [4.78, 5) is 24.7. The zero-order valence-corrected chi connectivity index (χ0v) is 27.7. The first kappa shape index (κ1) is 38.6. The maximum atomic E-state index is 13.2. The molecule has 15 atom stereocenters. The number of aliphatic hydroxyl groups excluding tert-OH is 9. The molecule has 0 bridgehead atoms. The Kier molecular flexibility index (Phi) is 10.9. The van der Waals surface area contributed by atoms with Crippen LogP contribution in [0.25, 0.3) is 22.3 Å². The Morgan fingerprint density at radius 2 is 1.15 bits per heavy atom. The molecular formula is C33H38O20. The average Bonchev–Trinajstić information content (AvgIpc) is 3.11. The Labute approximate surface area is 297 Å². The fraction of sp³-hybridized carbons (Fsp3) is 0.515. The molecule has 0 amide bonds. The molecule has 3 aliphatic heterocycles. The Bertz CT molecular complexity index is 1870. The fourth-order valence-corrected chi connectivity index (χ4v) is 6.06. The summed E-state index contributed by atoms with van der Waals surface area (Å²) in [6.07, 6.45) is -24.7. The van der Waals surface area contributed by atoms with Crippen molar-refractivity contribution in [2.75, 3.05) is 0 Å². The van der Waals surface area contributed by atoms with Gasteiger partial charge in [0.15, 0.2) is 23.0 Å². The van der Waals surface area contributed by atoms with E-state index in [4.69, 9.17) is 32.8 Å². The smallest absolute Gasteiger partial charge is 0.335 e. The lowest BCUT2D eigenvalue weighted by molar-refractivity contribution is -0.273. The van der Waals surface area contributed by atoms with Gasteiger partial charge >= 0.3 is 5.97 Å². The third kappa shape index (κ3) is 7.36. The Balaban J connectivity index is 1.36. The molecule has 0 aliphatic carbocycles. The number of aromatic hydroxyl groups is 1. The highest BCUT2D eigenvalue weighted by Crippen LogP contribution is 2.39. The van der Waals surface area contributed by atoms with Crippen molar-refractivity contribution in [1.82, 2.24) is 0 Å². The lowest BCUT2D eigenvalue weighted by Crippen LogP contribution is -2.61. The van der Waals surface area contributed by atoms with E-state index in [0.717, 1.165) is 18.2 Å². The summed E-state index contributed by atoms with van der Waals surface area (Å²) >= 11 is 0. The van der Waals surface area contributed by atoms with E-state index in [2.05, 4.69) is 0 Å². The molecule has 3 aliphatic rings. The number of phenolic OH excluding ortho intramolecular Hbond substituents is 1. The van der Waals surface area contributed by atoms with Crippen LogP contribution in [0, 0.1) is 0 Å². The number of carboxylic acid groups (broad SMARTS) is 1. The van der Waals surface area contributed by atoms with Crippen LogP contribution >= 0.6 is 0 Å². The van der Waals surface area contributed by atoms with Crippen LogP contribution < -0.4 is 19.6 Å². The van der Waals surface area contributed by atoms with Gasteiger partial charge in [-0.15, -0.1) is 0 Å². The van der Waals surface area contributed by atoms with Gasteiger partial charge in [-0.05, 0) is 32.0 Å². The Morgan fingerprint density at radius 1 is 0.623 bits per heavy atom. The Hall–Kier alpha value is -4.16. The summed E-state index contributed by atoms with van der Waals surface area (Å²) in [6, 6.07) is 6.93. The number of hydrogen-bond donors (Lipinski definition) is 11. The van der Waals surface area contributed by atoms with Crippen molar-refractivity contribution in [1.29, 1.82) is 0 Å². The number of ether oxygens (including phenoxy) is 6. The minimum Gasteiger partial charge on any atom is -0.507 e. The number of hydrogen-bond acceptors (Lipinski definition) is 19. The maximum Gasteiger partial charge on any atom is 0.335 e. The highest BCUT2D eigenvalue weighted by atomic mass is 16.7. The van der Waals surface area contributed by atoms with Gasteiger partial charge in [0.25, 0.3) is 0 Å². The van der Waals surface area contributed by atoms with Gasteiger partial charge in [0.2, 0.25) is 18.9 Å². The van der Waals surface area contributed by atoms with Crippen LogP contribution in [0.3, 0.4) is 0 Å². The standard InChI is InChI=1S/C33H38O20/c1-9-20(36)22(38)26(42)31(47-9)51-15-4-3-11(5-17(15)52-32-27(43)23(39)21(37)10(2)48-32)16-8-14(35)19-13(34)6-12(7-18(19)50-16)49-33-28(44)24(40)25(41)29(53-33)30(45)46/h3-10,20-29,31-34,36-44H,1-2H3,(H,45,46). The fourth-order valence-electron chi connectivity index (χ4n) is 6.06. The van der Waals surface area contributed by atoms with Crippen molar-refractivity contribution >= 4 is 16.9 Å². The summed E-state index contributed by atoms with van der Waals surface area (Å²) < 4.78 is 39.3. The van der Waals surface area contributed by atoms with Crippen LogP contribution in [-0.4, -0.2) is 154 Å². The summed E-state index contributed by atoms with van der Waals surface area (Å²) in [7, 11) is 0. The summed E-state index contributed by atoms with van der Waals surface area (Å²) in [5.74, 6) is -3.24. The van der Waals surface area contributed by atoms with Gasteiger partial charge < -0.3 is 89.0 Å². The molecule has 3 aromatic rings. The zero-order chi connectivity index (χ0) is 38.6. The first-order chi connectivity index (χ1) is 25.0. The summed E-state index contributed by atoms with van der Waals surface area (Å²) in [5, 5.41) is 112. The van der Waals surface area contributed by atoms with Crippen LogP contribution in [-0.2, 0) is 19.0 Å². The third-order valence-electron chi connectivity index (χ3n) is 9.18. The van der Waals surface area contributed by atoms with Crippen molar-refractivity contribution in [2.45, 2.75) is 106 Å². The number of carboxylic acids is 1. The second kappa shape index (κ2) is 14.9. The minimum absolute atomic E-state index is 0.0949. The first-order valence-corrected chi connectivity index (χ1v) is 16.2. The number of phenols is 1. The molecule has 20 heteroatoms. The van der Waals surface area contributed by atoms with E-state index in [0.29, 0.717) is 0 Å². The third-order valence-corrected chi connectivity index (χ3v) is 9.18. The SMILES string of the molecule is CC1OC(Oc2ccc(-c3cc(=O)c4c(O)cc(OC5OC(C(=O)O)C(O)C(O)C5O)cc4o3)cc2OC2OC(C)C(O)C(O)C2O)C(O)C(O)C1O. The molecule has 1 aromatic heterocycles. The van der Waals surface area contributed by atoms with Crippen LogP contribution in [0.5, 0.6) is 23.0 Å². The van der Waals surface area contributed by atoms with Crippen molar-refractivity contribution in [2.24, 2.45) is 0 Å². The lowest BCUT2D eigenvalue weighted by atomic mass is 9.99. The van der Waals surface area contributed by atoms with E-state index in [1.54, 1.807) is 0 Å². The van der Waals surface area contributed by atoms with Crippen LogP contribution in [0.2, 0.25) is 0 Å². The van der Waals surface area contributed by atoms with Gasteiger partial charge in [-0.2, -0.15) is 0 Å². The zero-order valence-electron chi connectivity index (χ0n) is 27.7. The molecular weight excluding hydrogens is 716 g/mol. The largest absolute Gasteiger partial charge is 0.507 e. The first-order valence-electron chi connectivity index (χ1n) is 16.2. The summed E-state index contributed by atoms with van der Waals surface area (Å²) in [5.41, 5.74) is -0.954.